The fourth-order valence-corrected chi connectivity index (χ4v) is 3.57. The molecular formula is C22H22Cl2O2. The molecule has 2 aromatic rings. The van der Waals surface area contributed by atoms with E-state index in [2.05, 4.69) is 12.1 Å². The van der Waals surface area contributed by atoms with E-state index in [1.807, 2.05) is 24.3 Å². The highest BCUT2D eigenvalue weighted by molar-refractivity contribution is 6.41. The number of carbonyl (C=O) groups is 1. The Morgan fingerprint density at radius 3 is 2.27 bits per heavy atom. The zero-order chi connectivity index (χ0) is 18.4. The monoisotopic (exact) mass is 388 g/mol. The summed E-state index contributed by atoms with van der Waals surface area (Å²) in [5.41, 5.74) is 3.37. The van der Waals surface area contributed by atoms with Crippen LogP contribution in [0, 0.1) is 0 Å². The number of ether oxygens (including phenoxy) is 1. The van der Waals surface area contributed by atoms with Crippen LogP contribution in [0.25, 0.3) is 6.08 Å². The summed E-state index contributed by atoms with van der Waals surface area (Å²) in [7, 11) is 0. The third kappa shape index (κ3) is 5.12. The van der Waals surface area contributed by atoms with E-state index < -0.39 is 0 Å². The van der Waals surface area contributed by atoms with Gasteiger partial charge in [-0.25, -0.2) is 0 Å². The average Bonchev–Trinajstić information content (AvgIpc) is 3.17. The number of aryl methyl sites for hydroxylation is 1. The first kappa shape index (κ1) is 19.0. The molecule has 0 saturated heterocycles. The van der Waals surface area contributed by atoms with Gasteiger partial charge in [0.2, 0.25) is 0 Å². The molecule has 2 aromatic carbocycles. The largest absolute Gasteiger partial charge is 0.490 e. The molecule has 0 amide bonds. The van der Waals surface area contributed by atoms with Crippen molar-refractivity contribution < 1.29 is 9.53 Å². The number of allylic oxidation sites excluding steroid dienone is 1. The van der Waals surface area contributed by atoms with Gasteiger partial charge in [-0.1, -0.05) is 41.4 Å². The topological polar surface area (TPSA) is 26.3 Å². The van der Waals surface area contributed by atoms with E-state index >= 15 is 0 Å². The van der Waals surface area contributed by atoms with Crippen LogP contribution in [-0.4, -0.2) is 12.4 Å². The standard InChI is InChI=1S/C16H18O2.C6H4Cl2/c17-11-12-5-6-14-10-16(8-7-13(14)9-12)18-15-3-1-2-4-15;7-5-3-1-2-4-6(5)8/h7-11,15H,1-6H2;1-4H. The van der Waals surface area contributed by atoms with Crippen molar-refractivity contribution in [1.82, 2.24) is 0 Å². The van der Waals surface area contributed by atoms with E-state index in [1.165, 1.54) is 36.8 Å². The first-order valence-corrected chi connectivity index (χ1v) is 9.76. The molecule has 2 aliphatic carbocycles. The molecule has 136 valence electrons. The van der Waals surface area contributed by atoms with E-state index in [9.17, 15) is 4.79 Å². The van der Waals surface area contributed by atoms with Crippen molar-refractivity contribution >= 4 is 35.6 Å². The molecule has 4 rings (SSSR count). The number of fused-ring (bicyclic) bond motifs is 1. The van der Waals surface area contributed by atoms with Gasteiger partial charge in [-0.05, 0) is 85.6 Å². The third-order valence-electron chi connectivity index (χ3n) is 4.72. The van der Waals surface area contributed by atoms with Crippen LogP contribution in [0.4, 0.5) is 0 Å². The van der Waals surface area contributed by atoms with Gasteiger partial charge < -0.3 is 4.74 Å². The Morgan fingerprint density at radius 1 is 0.962 bits per heavy atom. The molecule has 0 aliphatic heterocycles. The zero-order valence-corrected chi connectivity index (χ0v) is 16.1. The summed E-state index contributed by atoms with van der Waals surface area (Å²) in [6.07, 6.45) is 10.1. The van der Waals surface area contributed by atoms with Crippen molar-refractivity contribution in [2.75, 3.05) is 0 Å². The molecule has 0 spiro atoms. The van der Waals surface area contributed by atoms with Gasteiger partial charge in [0.15, 0.2) is 0 Å². The van der Waals surface area contributed by atoms with Crippen molar-refractivity contribution in [3.8, 4) is 5.75 Å². The van der Waals surface area contributed by atoms with Crippen molar-refractivity contribution in [2.45, 2.75) is 44.6 Å². The molecule has 0 aromatic heterocycles. The van der Waals surface area contributed by atoms with Crippen LogP contribution in [0.3, 0.4) is 0 Å². The van der Waals surface area contributed by atoms with Crippen molar-refractivity contribution in [3.05, 3.63) is 69.2 Å². The predicted molar refractivity (Wildman–Crippen MR) is 108 cm³/mol. The first-order chi connectivity index (χ1) is 12.7. The molecule has 1 saturated carbocycles. The minimum atomic E-state index is 0.410. The predicted octanol–water partition coefficient (Wildman–Crippen LogP) is 6.53. The molecule has 4 heteroatoms. The molecule has 0 N–H and O–H groups in total. The van der Waals surface area contributed by atoms with Crippen molar-refractivity contribution in [3.63, 3.8) is 0 Å². The molecule has 0 radical (unpaired) electrons. The summed E-state index contributed by atoms with van der Waals surface area (Å²) >= 11 is 11.2. The molecule has 2 aliphatic rings. The van der Waals surface area contributed by atoms with Crippen molar-refractivity contribution in [2.24, 2.45) is 0 Å². The van der Waals surface area contributed by atoms with Crippen LogP contribution in [0.1, 0.15) is 43.2 Å². The molecule has 0 unspecified atom stereocenters. The van der Waals surface area contributed by atoms with Crippen LogP contribution in [0.5, 0.6) is 5.75 Å². The molecule has 0 heterocycles. The van der Waals surface area contributed by atoms with E-state index in [1.54, 1.807) is 12.1 Å². The average molecular weight is 389 g/mol. The Hall–Kier alpha value is -1.77. The maximum absolute atomic E-state index is 10.8. The molecule has 1 fully saturated rings. The van der Waals surface area contributed by atoms with Crippen molar-refractivity contribution in [1.29, 1.82) is 0 Å². The zero-order valence-electron chi connectivity index (χ0n) is 14.6. The molecule has 2 nitrogen and oxygen atoms in total. The van der Waals surface area contributed by atoms with Crippen LogP contribution < -0.4 is 4.74 Å². The number of aldehydes is 1. The van der Waals surface area contributed by atoms with Gasteiger partial charge in [0.05, 0.1) is 16.1 Å². The lowest BCUT2D eigenvalue weighted by Crippen LogP contribution is -2.11. The van der Waals surface area contributed by atoms with Crippen LogP contribution in [-0.2, 0) is 11.2 Å². The van der Waals surface area contributed by atoms with Gasteiger partial charge >= 0.3 is 0 Å². The van der Waals surface area contributed by atoms with E-state index in [4.69, 9.17) is 27.9 Å². The first-order valence-electron chi connectivity index (χ1n) is 9.01. The Morgan fingerprint density at radius 2 is 1.65 bits per heavy atom. The summed E-state index contributed by atoms with van der Waals surface area (Å²) in [4.78, 5) is 10.8. The summed E-state index contributed by atoms with van der Waals surface area (Å²) < 4.78 is 6.00. The van der Waals surface area contributed by atoms with Crippen LogP contribution in [0.15, 0.2) is 48.0 Å². The summed E-state index contributed by atoms with van der Waals surface area (Å²) in [5.74, 6) is 0.989. The van der Waals surface area contributed by atoms with Gasteiger partial charge in [-0.2, -0.15) is 0 Å². The second-order valence-corrected chi connectivity index (χ2v) is 7.45. The summed E-state index contributed by atoms with van der Waals surface area (Å²) in [6.45, 7) is 0. The molecule has 0 atom stereocenters. The summed E-state index contributed by atoms with van der Waals surface area (Å²) in [5, 5.41) is 1.21. The Bertz CT molecular complexity index is 771. The lowest BCUT2D eigenvalue weighted by Gasteiger charge is -2.17. The smallest absolute Gasteiger partial charge is 0.146 e. The van der Waals surface area contributed by atoms with E-state index in [0.29, 0.717) is 16.1 Å². The fourth-order valence-electron chi connectivity index (χ4n) is 3.29. The van der Waals surface area contributed by atoms with Gasteiger partial charge in [-0.3, -0.25) is 4.79 Å². The molecule has 26 heavy (non-hydrogen) atoms. The van der Waals surface area contributed by atoms with Gasteiger partial charge in [0.1, 0.15) is 12.0 Å². The third-order valence-corrected chi connectivity index (χ3v) is 5.47. The lowest BCUT2D eigenvalue weighted by atomic mass is 9.93. The minimum absolute atomic E-state index is 0.410. The molecule has 0 bridgehead atoms. The number of halogens is 2. The highest BCUT2D eigenvalue weighted by Gasteiger charge is 2.17. The van der Waals surface area contributed by atoms with Crippen LogP contribution >= 0.6 is 23.2 Å². The van der Waals surface area contributed by atoms with E-state index in [-0.39, 0.29) is 0 Å². The molecular weight excluding hydrogens is 367 g/mol. The second kappa shape index (κ2) is 9.25. The number of hydrogen-bond acceptors (Lipinski definition) is 2. The van der Waals surface area contributed by atoms with E-state index in [0.717, 1.165) is 30.5 Å². The Balaban J connectivity index is 0.000000206. The Kier molecular flexibility index (Phi) is 6.76. The SMILES string of the molecule is Clc1ccccc1Cl.O=CC1=Cc2ccc(OC3CCCC3)cc2CC1. The minimum Gasteiger partial charge on any atom is -0.490 e. The van der Waals surface area contributed by atoms with Gasteiger partial charge in [0, 0.05) is 0 Å². The highest BCUT2D eigenvalue weighted by Crippen LogP contribution is 2.29. The quantitative estimate of drug-likeness (QED) is 0.558. The number of rotatable bonds is 3. The maximum Gasteiger partial charge on any atom is 0.146 e. The number of carbonyl (C=O) groups excluding carboxylic acids is 1. The van der Waals surface area contributed by atoms with Gasteiger partial charge in [0.25, 0.3) is 0 Å². The van der Waals surface area contributed by atoms with Crippen LogP contribution in [0.2, 0.25) is 10.0 Å². The highest BCUT2D eigenvalue weighted by atomic mass is 35.5. The van der Waals surface area contributed by atoms with Gasteiger partial charge in [-0.15, -0.1) is 0 Å². The summed E-state index contributed by atoms with van der Waals surface area (Å²) in [6, 6.07) is 13.4. The number of hydrogen-bond donors (Lipinski definition) is 0. The fraction of sp³-hybridized carbons (Fsp3) is 0.318. The number of benzene rings is 2. The maximum atomic E-state index is 10.8. The second-order valence-electron chi connectivity index (χ2n) is 6.64. The Labute approximate surface area is 164 Å². The normalized spacial score (nSPS) is 16.2. The lowest BCUT2D eigenvalue weighted by molar-refractivity contribution is -0.105.